The molecule has 3 nitrogen and oxygen atoms in total. The second-order valence-corrected chi connectivity index (χ2v) is 5.96. The number of rotatable bonds is 3. The largest absolute Gasteiger partial charge is 0.459 e. The quantitative estimate of drug-likeness (QED) is 0.914. The van der Waals surface area contributed by atoms with Crippen molar-refractivity contribution in [2.45, 2.75) is 38.6 Å². The zero-order valence-electron chi connectivity index (χ0n) is 12.3. The van der Waals surface area contributed by atoms with Crippen molar-refractivity contribution >= 4 is 5.91 Å². The average Bonchev–Trinajstić information content (AvgIpc) is 3.00. The summed E-state index contributed by atoms with van der Waals surface area (Å²) in [5.74, 6) is 1.10. The van der Waals surface area contributed by atoms with E-state index in [9.17, 15) is 4.79 Å². The van der Waals surface area contributed by atoms with Gasteiger partial charge in [-0.25, -0.2) is 0 Å². The minimum absolute atomic E-state index is 0.0987. The molecule has 0 aliphatic heterocycles. The number of carbonyl (C=O) groups is 1. The van der Waals surface area contributed by atoms with Crippen molar-refractivity contribution in [2.75, 3.05) is 0 Å². The number of benzene rings is 1. The van der Waals surface area contributed by atoms with Crippen LogP contribution in [0.15, 0.2) is 47.1 Å². The summed E-state index contributed by atoms with van der Waals surface area (Å²) in [6, 6.07) is 12.0. The van der Waals surface area contributed by atoms with Gasteiger partial charge in [0.05, 0.1) is 6.26 Å². The molecule has 1 heterocycles. The maximum Gasteiger partial charge on any atom is 0.287 e. The van der Waals surface area contributed by atoms with Gasteiger partial charge in [-0.2, -0.15) is 0 Å². The van der Waals surface area contributed by atoms with Gasteiger partial charge in [-0.3, -0.25) is 4.79 Å². The number of hydrogen-bond acceptors (Lipinski definition) is 2. The lowest BCUT2D eigenvalue weighted by atomic mass is 9.87. The van der Waals surface area contributed by atoms with Crippen LogP contribution in [0.25, 0.3) is 11.1 Å². The Kier molecular flexibility index (Phi) is 4.09. The first-order valence-corrected chi connectivity index (χ1v) is 7.68. The van der Waals surface area contributed by atoms with E-state index in [1.165, 1.54) is 12.8 Å². The normalized spacial score (nSPS) is 22.0. The molecule has 3 heteroatoms. The van der Waals surface area contributed by atoms with Gasteiger partial charge in [0, 0.05) is 11.6 Å². The standard InChI is InChI=1S/C18H21NO2/c1-13-7-9-15(10-8-13)19-18(20)17-16(11-12-21-17)14-5-3-2-4-6-14/h2-6,11-13,15H,7-10H2,1H3,(H,19,20). The number of furan rings is 1. The van der Waals surface area contributed by atoms with Gasteiger partial charge in [0.15, 0.2) is 5.76 Å². The third kappa shape index (κ3) is 3.18. The van der Waals surface area contributed by atoms with Crippen LogP contribution >= 0.6 is 0 Å². The Balaban J connectivity index is 1.73. The van der Waals surface area contributed by atoms with Gasteiger partial charge in [0.25, 0.3) is 5.91 Å². The maximum atomic E-state index is 12.4. The smallest absolute Gasteiger partial charge is 0.287 e. The van der Waals surface area contributed by atoms with Crippen LogP contribution < -0.4 is 5.32 Å². The molecule has 0 atom stereocenters. The van der Waals surface area contributed by atoms with Crippen molar-refractivity contribution in [3.8, 4) is 11.1 Å². The molecular formula is C18H21NO2. The molecule has 0 unspecified atom stereocenters. The average molecular weight is 283 g/mol. The van der Waals surface area contributed by atoms with E-state index in [0.717, 1.165) is 29.9 Å². The molecule has 3 rings (SSSR count). The molecule has 110 valence electrons. The Morgan fingerprint density at radius 1 is 1.10 bits per heavy atom. The van der Waals surface area contributed by atoms with E-state index in [4.69, 9.17) is 4.42 Å². The molecule has 1 aliphatic rings. The van der Waals surface area contributed by atoms with Crippen molar-refractivity contribution < 1.29 is 9.21 Å². The second-order valence-electron chi connectivity index (χ2n) is 5.96. The van der Waals surface area contributed by atoms with Gasteiger partial charge in [-0.1, -0.05) is 37.3 Å². The SMILES string of the molecule is CC1CCC(NC(=O)c2occc2-c2ccccc2)CC1. The van der Waals surface area contributed by atoms with Crippen molar-refractivity contribution in [3.63, 3.8) is 0 Å². The van der Waals surface area contributed by atoms with E-state index in [-0.39, 0.29) is 11.9 Å². The highest BCUT2D eigenvalue weighted by Gasteiger charge is 2.23. The first kappa shape index (κ1) is 13.9. The summed E-state index contributed by atoms with van der Waals surface area (Å²) >= 11 is 0. The summed E-state index contributed by atoms with van der Waals surface area (Å²) in [5, 5.41) is 3.12. The Morgan fingerprint density at radius 3 is 2.52 bits per heavy atom. The molecule has 21 heavy (non-hydrogen) atoms. The maximum absolute atomic E-state index is 12.4. The number of carbonyl (C=O) groups excluding carboxylic acids is 1. The van der Waals surface area contributed by atoms with Crippen LogP contribution in [0.1, 0.15) is 43.2 Å². The fraction of sp³-hybridized carbons (Fsp3) is 0.389. The summed E-state index contributed by atoms with van der Waals surface area (Å²) < 4.78 is 5.43. The third-order valence-electron chi connectivity index (χ3n) is 4.31. The lowest BCUT2D eigenvalue weighted by molar-refractivity contribution is 0.0896. The Labute approximate surface area is 125 Å². The molecule has 1 aromatic heterocycles. The van der Waals surface area contributed by atoms with Crippen LogP contribution in [0, 0.1) is 5.92 Å². The van der Waals surface area contributed by atoms with Crippen molar-refractivity contribution in [1.29, 1.82) is 0 Å². The van der Waals surface area contributed by atoms with E-state index >= 15 is 0 Å². The van der Waals surface area contributed by atoms with Gasteiger partial charge >= 0.3 is 0 Å². The van der Waals surface area contributed by atoms with Crippen LogP contribution in [0.5, 0.6) is 0 Å². The zero-order valence-corrected chi connectivity index (χ0v) is 12.3. The molecule has 1 N–H and O–H groups in total. The van der Waals surface area contributed by atoms with Crippen LogP contribution in [0.2, 0.25) is 0 Å². The highest BCUT2D eigenvalue weighted by Crippen LogP contribution is 2.26. The second kappa shape index (κ2) is 6.17. The Morgan fingerprint density at radius 2 is 1.81 bits per heavy atom. The van der Waals surface area contributed by atoms with E-state index < -0.39 is 0 Å². The fourth-order valence-corrected chi connectivity index (χ4v) is 2.99. The van der Waals surface area contributed by atoms with Crippen LogP contribution in [0.3, 0.4) is 0 Å². The molecule has 0 spiro atoms. The zero-order chi connectivity index (χ0) is 14.7. The number of amides is 1. The first-order chi connectivity index (χ1) is 10.2. The van der Waals surface area contributed by atoms with Gasteiger partial charge < -0.3 is 9.73 Å². The van der Waals surface area contributed by atoms with Crippen molar-refractivity contribution in [2.24, 2.45) is 5.92 Å². The molecule has 1 fully saturated rings. The summed E-state index contributed by atoms with van der Waals surface area (Å²) in [6.07, 6.45) is 6.09. The summed E-state index contributed by atoms with van der Waals surface area (Å²) in [5.41, 5.74) is 1.87. The Hall–Kier alpha value is -2.03. The predicted octanol–water partition coefficient (Wildman–Crippen LogP) is 4.26. The molecule has 1 aromatic carbocycles. The van der Waals surface area contributed by atoms with Gasteiger partial charge in [0.1, 0.15) is 0 Å². The van der Waals surface area contributed by atoms with E-state index in [0.29, 0.717) is 5.76 Å². The molecule has 1 saturated carbocycles. The number of nitrogens with one attached hydrogen (secondary N) is 1. The van der Waals surface area contributed by atoms with E-state index in [2.05, 4.69) is 12.2 Å². The monoisotopic (exact) mass is 283 g/mol. The van der Waals surface area contributed by atoms with Gasteiger partial charge in [-0.05, 0) is 43.2 Å². The third-order valence-corrected chi connectivity index (χ3v) is 4.31. The fourth-order valence-electron chi connectivity index (χ4n) is 2.99. The molecular weight excluding hydrogens is 262 g/mol. The summed E-state index contributed by atoms with van der Waals surface area (Å²) in [4.78, 5) is 12.4. The first-order valence-electron chi connectivity index (χ1n) is 7.68. The van der Waals surface area contributed by atoms with Gasteiger partial charge in [-0.15, -0.1) is 0 Å². The number of hydrogen-bond donors (Lipinski definition) is 1. The lowest BCUT2D eigenvalue weighted by Gasteiger charge is -2.26. The highest BCUT2D eigenvalue weighted by molar-refractivity contribution is 5.98. The molecule has 0 bridgehead atoms. The van der Waals surface area contributed by atoms with Crippen LogP contribution in [0.4, 0.5) is 0 Å². The minimum Gasteiger partial charge on any atom is -0.459 e. The highest BCUT2D eigenvalue weighted by atomic mass is 16.3. The van der Waals surface area contributed by atoms with Gasteiger partial charge in [0.2, 0.25) is 0 Å². The van der Waals surface area contributed by atoms with E-state index in [1.54, 1.807) is 6.26 Å². The summed E-state index contributed by atoms with van der Waals surface area (Å²) in [7, 11) is 0. The molecule has 2 aromatic rings. The topological polar surface area (TPSA) is 42.2 Å². The van der Waals surface area contributed by atoms with E-state index in [1.807, 2.05) is 36.4 Å². The van der Waals surface area contributed by atoms with Crippen LogP contribution in [-0.2, 0) is 0 Å². The molecule has 1 aliphatic carbocycles. The predicted molar refractivity (Wildman–Crippen MR) is 83.0 cm³/mol. The molecule has 1 amide bonds. The van der Waals surface area contributed by atoms with Crippen molar-refractivity contribution in [3.05, 3.63) is 48.4 Å². The molecule has 0 saturated heterocycles. The lowest BCUT2D eigenvalue weighted by Crippen LogP contribution is -2.37. The Bertz CT molecular complexity index is 595. The van der Waals surface area contributed by atoms with Crippen LogP contribution in [-0.4, -0.2) is 11.9 Å². The summed E-state index contributed by atoms with van der Waals surface area (Å²) in [6.45, 7) is 2.28. The minimum atomic E-state index is -0.0987. The van der Waals surface area contributed by atoms with Crippen molar-refractivity contribution in [1.82, 2.24) is 5.32 Å². The molecule has 0 radical (unpaired) electrons.